The third-order valence-corrected chi connectivity index (χ3v) is 5.66. The van der Waals surface area contributed by atoms with Crippen molar-refractivity contribution in [3.63, 3.8) is 0 Å². The lowest BCUT2D eigenvalue weighted by atomic mass is 9.83. The molecule has 27 heavy (non-hydrogen) atoms. The van der Waals surface area contributed by atoms with Gasteiger partial charge in [0.05, 0.1) is 7.11 Å². The molecular formula is C12H14F9NO4S. The molecule has 0 saturated heterocycles. The van der Waals surface area contributed by atoms with Crippen LogP contribution in [0.25, 0.3) is 0 Å². The lowest BCUT2D eigenvalue weighted by Gasteiger charge is -2.38. The van der Waals surface area contributed by atoms with Crippen molar-refractivity contribution in [2.24, 2.45) is 0 Å². The fraction of sp³-hybridized carbons (Fsp3) is 0.917. The highest BCUT2D eigenvalue weighted by atomic mass is 32.2. The van der Waals surface area contributed by atoms with E-state index in [1.54, 1.807) is 0 Å². The minimum Gasteiger partial charge on any atom is -0.468 e. The summed E-state index contributed by atoms with van der Waals surface area (Å²) in [5.41, 5.74) is -2.49. The van der Waals surface area contributed by atoms with Crippen LogP contribution in [0.5, 0.6) is 0 Å². The van der Waals surface area contributed by atoms with E-state index in [1.807, 2.05) is 0 Å². The van der Waals surface area contributed by atoms with E-state index in [0.29, 0.717) is 6.42 Å². The van der Waals surface area contributed by atoms with Crippen molar-refractivity contribution in [1.29, 1.82) is 0 Å². The molecule has 160 valence electrons. The second-order valence-electron chi connectivity index (χ2n) is 5.90. The molecular weight excluding hydrogens is 425 g/mol. The van der Waals surface area contributed by atoms with Crippen molar-refractivity contribution in [2.45, 2.75) is 60.9 Å². The first kappa shape index (κ1) is 23.8. The topological polar surface area (TPSA) is 72.5 Å². The highest BCUT2D eigenvalue weighted by molar-refractivity contribution is 7.90. The predicted octanol–water partition coefficient (Wildman–Crippen LogP) is 3.21. The summed E-state index contributed by atoms with van der Waals surface area (Å²) in [4.78, 5) is 11.8. The Kier molecular flexibility index (Phi) is 6.14. The van der Waals surface area contributed by atoms with E-state index in [2.05, 4.69) is 4.74 Å². The van der Waals surface area contributed by atoms with Crippen molar-refractivity contribution in [1.82, 2.24) is 4.72 Å². The van der Waals surface area contributed by atoms with Gasteiger partial charge in [-0.3, -0.25) is 4.79 Å². The summed E-state index contributed by atoms with van der Waals surface area (Å²) in [5, 5.41) is -6.91. The maximum absolute atomic E-state index is 13.8. The van der Waals surface area contributed by atoms with Crippen LogP contribution < -0.4 is 4.72 Å². The number of ether oxygens (including phenoxy) is 1. The van der Waals surface area contributed by atoms with E-state index < -0.39 is 57.6 Å². The molecule has 0 aromatic heterocycles. The second kappa shape index (κ2) is 6.97. The maximum atomic E-state index is 13.8. The summed E-state index contributed by atoms with van der Waals surface area (Å²) >= 11 is 0. The van der Waals surface area contributed by atoms with Crippen LogP contribution in [0.2, 0.25) is 0 Å². The third-order valence-electron chi connectivity index (χ3n) is 4.07. The fourth-order valence-corrected chi connectivity index (χ4v) is 3.95. The Bertz CT molecular complexity index is 669. The molecule has 1 fully saturated rings. The first-order valence-electron chi connectivity index (χ1n) is 7.22. The Labute approximate surface area is 147 Å². The standard InChI is InChI=1S/C12H14F9NO4S/c1-26-7(23)8(5-3-2-4-6-8)22-27(24,25)12(20,21)10(15,16)9(13,14)11(17,18)19/h22H,2-6H2,1H3. The van der Waals surface area contributed by atoms with Crippen molar-refractivity contribution in [2.75, 3.05) is 7.11 Å². The molecule has 1 rings (SSSR count). The van der Waals surface area contributed by atoms with Gasteiger partial charge in [-0.1, -0.05) is 19.3 Å². The number of rotatable bonds is 6. The lowest BCUT2D eigenvalue weighted by molar-refractivity contribution is -0.382. The molecule has 1 saturated carbocycles. The Hall–Kier alpha value is -1.25. The normalized spacial score (nSPS) is 19.6. The van der Waals surface area contributed by atoms with E-state index in [4.69, 9.17) is 0 Å². The van der Waals surface area contributed by atoms with E-state index in [0.717, 1.165) is 11.8 Å². The Morgan fingerprint density at radius 2 is 1.33 bits per heavy atom. The number of hydrogen-bond acceptors (Lipinski definition) is 4. The van der Waals surface area contributed by atoms with Gasteiger partial charge in [0, 0.05) is 0 Å². The van der Waals surface area contributed by atoms with Crippen LogP contribution in [-0.4, -0.2) is 50.3 Å². The molecule has 0 radical (unpaired) electrons. The number of alkyl halides is 9. The van der Waals surface area contributed by atoms with Gasteiger partial charge in [0.2, 0.25) is 0 Å². The number of halogens is 9. The van der Waals surface area contributed by atoms with E-state index in [9.17, 15) is 52.7 Å². The highest BCUT2D eigenvalue weighted by Crippen LogP contribution is 2.54. The van der Waals surface area contributed by atoms with Crippen molar-refractivity contribution in [3.05, 3.63) is 0 Å². The van der Waals surface area contributed by atoms with Gasteiger partial charge < -0.3 is 4.74 Å². The molecule has 1 aliphatic carbocycles. The van der Waals surface area contributed by atoms with E-state index in [1.165, 1.54) is 0 Å². The summed E-state index contributed by atoms with van der Waals surface area (Å²) < 4.78 is 145. The molecule has 15 heteroatoms. The molecule has 0 amide bonds. The molecule has 1 N–H and O–H groups in total. The number of sulfonamides is 1. The number of esters is 1. The van der Waals surface area contributed by atoms with Crippen LogP contribution in [0.1, 0.15) is 32.1 Å². The molecule has 0 spiro atoms. The first-order valence-corrected chi connectivity index (χ1v) is 8.70. The summed E-state index contributed by atoms with van der Waals surface area (Å²) in [7, 11) is -6.17. The molecule has 0 aliphatic heterocycles. The summed E-state index contributed by atoms with van der Waals surface area (Å²) in [5.74, 6) is -16.2. The zero-order valence-electron chi connectivity index (χ0n) is 13.5. The average molecular weight is 439 g/mol. The number of carbonyl (C=O) groups excluding carboxylic acids is 1. The number of nitrogens with one attached hydrogen (secondary N) is 1. The third kappa shape index (κ3) is 3.71. The number of hydrogen-bond donors (Lipinski definition) is 1. The van der Waals surface area contributed by atoms with Crippen LogP contribution in [0.15, 0.2) is 0 Å². The summed E-state index contributed by atoms with van der Waals surface area (Å²) in [6.07, 6.45) is -7.66. The molecule has 1 aliphatic rings. The van der Waals surface area contributed by atoms with Crippen LogP contribution in [-0.2, 0) is 19.6 Å². The summed E-state index contributed by atoms with van der Waals surface area (Å²) in [6, 6.07) is 0. The summed E-state index contributed by atoms with van der Waals surface area (Å²) in [6.45, 7) is 0. The number of methoxy groups -OCH3 is 1. The smallest absolute Gasteiger partial charge is 0.460 e. The Balaban J connectivity index is 3.41. The largest absolute Gasteiger partial charge is 0.468 e. The van der Waals surface area contributed by atoms with Gasteiger partial charge in [-0.2, -0.15) is 44.2 Å². The molecule has 0 bridgehead atoms. The van der Waals surface area contributed by atoms with Gasteiger partial charge >= 0.3 is 29.2 Å². The van der Waals surface area contributed by atoms with Gasteiger partial charge in [0.1, 0.15) is 5.54 Å². The zero-order chi connectivity index (χ0) is 21.5. The molecule has 5 nitrogen and oxygen atoms in total. The van der Waals surface area contributed by atoms with Gasteiger partial charge in [-0.15, -0.1) is 0 Å². The van der Waals surface area contributed by atoms with Gasteiger partial charge in [0.15, 0.2) is 0 Å². The minimum atomic E-state index is -7.37. The van der Waals surface area contributed by atoms with Crippen molar-refractivity contribution in [3.8, 4) is 0 Å². The van der Waals surface area contributed by atoms with Crippen LogP contribution in [0.4, 0.5) is 39.5 Å². The van der Waals surface area contributed by atoms with Gasteiger partial charge in [0.25, 0.3) is 10.0 Å². The number of carbonyl (C=O) groups is 1. The van der Waals surface area contributed by atoms with Crippen molar-refractivity contribution >= 4 is 16.0 Å². The van der Waals surface area contributed by atoms with Crippen molar-refractivity contribution < 1.29 is 57.5 Å². The fourth-order valence-electron chi connectivity index (χ4n) is 2.55. The van der Waals surface area contributed by atoms with Gasteiger partial charge in [-0.05, 0) is 12.8 Å². The van der Waals surface area contributed by atoms with E-state index in [-0.39, 0.29) is 12.8 Å². The average Bonchev–Trinajstić information content (AvgIpc) is 2.52. The quantitative estimate of drug-likeness (QED) is 0.510. The maximum Gasteiger partial charge on any atom is 0.460 e. The minimum absolute atomic E-state index is 0.0539. The molecule has 0 aromatic rings. The van der Waals surface area contributed by atoms with Crippen LogP contribution in [0, 0.1) is 0 Å². The zero-order valence-corrected chi connectivity index (χ0v) is 14.3. The second-order valence-corrected chi connectivity index (χ2v) is 7.63. The SMILES string of the molecule is COC(=O)C1(NS(=O)(=O)C(F)(F)C(F)(F)C(F)(F)C(F)(F)F)CCCCC1. The molecule has 0 heterocycles. The Morgan fingerprint density at radius 1 is 0.889 bits per heavy atom. The monoisotopic (exact) mass is 439 g/mol. The highest BCUT2D eigenvalue weighted by Gasteiger charge is 2.85. The Morgan fingerprint density at radius 3 is 1.70 bits per heavy atom. The van der Waals surface area contributed by atoms with Crippen LogP contribution >= 0.6 is 0 Å². The van der Waals surface area contributed by atoms with E-state index >= 15 is 0 Å². The van der Waals surface area contributed by atoms with Crippen LogP contribution in [0.3, 0.4) is 0 Å². The first-order chi connectivity index (χ1) is 11.9. The lowest BCUT2D eigenvalue weighted by Crippen LogP contribution is -2.68. The molecule has 0 aromatic carbocycles. The van der Waals surface area contributed by atoms with Gasteiger partial charge in [-0.25, -0.2) is 8.42 Å². The molecule has 0 atom stereocenters. The molecule has 0 unspecified atom stereocenters. The predicted molar refractivity (Wildman–Crippen MR) is 70.8 cm³/mol.